The molecule has 126 valence electrons. The summed E-state index contributed by atoms with van der Waals surface area (Å²) in [6.07, 6.45) is 8.74. The first-order valence-electron chi connectivity index (χ1n) is 8.04. The third kappa shape index (κ3) is 8.76. The van der Waals surface area contributed by atoms with Gasteiger partial charge in [0.05, 0.1) is 12.3 Å². The Morgan fingerprint density at radius 1 is 1.09 bits per heavy atom. The van der Waals surface area contributed by atoms with Gasteiger partial charge in [0.15, 0.2) is 0 Å². The summed E-state index contributed by atoms with van der Waals surface area (Å²) in [6.45, 7) is 2.51. The standard InChI is InChI=1S/C18H24FNO3/c1-2-3-4-5-6-9-14-23-18(22)13-12-17(21)20-16-11-8-7-10-15(16)19/h7-8,10-13H,2-6,9,14H2,1H3,(H,20,21)/b13-12+. The smallest absolute Gasteiger partial charge is 0.330 e. The Balaban J connectivity index is 2.19. The van der Waals surface area contributed by atoms with Crippen LogP contribution in [0.1, 0.15) is 45.4 Å². The number of benzene rings is 1. The molecule has 0 heterocycles. The van der Waals surface area contributed by atoms with Crippen molar-refractivity contribution in [1.29, 1.82) is 0 Å². The van der Waals surface area contributed by atoms with Crippen LogP contribution in [0, 0.1) is 5.82 Å². The first kappa shape index (κ1) is 18.9. The highest BCUT2D eigenvalue weighted by molar-refractivity contribution is 6.02. The molecule has 1 amide bonds. The molecule has 0 radical (unpaired) electrons. The number of carbonyl (C=O) groups is 2. The number of ether oxygens (including phenoxy) is 1. The highest BCUT2D eigenvalue weighted by Crippen LogP contribution is 2.12. The molecule has 0 aliphatic heterocycles. The van der Waals surface area contributed by atoms with Crippen LogP contribution >= 0.6 is 0 Å². The molecule has 0 aromatic heterocycles. The second-order valence-corrected chi connectivity index (χ2v) is 5.24. The quantitative estimate of drug-likeness (QED) is 0.399. The van der Waals surface area contributed by atoms with Gasteiger partial charge in [0.2, 0.25) is 5.91 Å². The van der Waals surface area contributed by atoms with Crippen LogP contribution in [-0.2, 0) is 14.3 Å². The van der Waals surface area contributed by atoms with E-state index in [0.29, 0.717) is 6.61 Å². The molecule has 0 saturated carbocycles. The van der Waals surface area contributed by atoms with Crippen molar-refractivity contribution in [2.75, 3.05) is 11.9 Å². The Morgan fingerprint density at radius 2 is 1.78 bits per heavy atom. The Bertz CT molecular complexity index is 529. The second-order valence-electron chi connectivity index (χ2n) is 5.24. The van der Waals surface area contributed by atoms with Crippen molar-refractivity contribution in [2.45, 2.75) is 45.4 Å². The maximum atomic E-state index is 13.3. The largest absolute Gasteiger partial charge is 0.463 e. The molecule has 0 aliphatic carbocycles. The first-order chi connectivity index (χ1) is 11.1. The summed E-state index contributed by atoms with van der Waals surface area (Å²) in [5.41, 5.74) is 0.0718. The molecule has 5 heteroatoms. The molecule has 23 heavy (non-hydrogen) atoms. The maximum absolute atomic E-state index is 13.3. The zero-order valence-corrected chi connectivity index (χ0v) is 13.5. The number of para-hydroxylation sites is 1. The van der Waals surface area contributed by atoms with E-state index in [2.05, 4.69) is 12.2 Å². The summed E-state index contributed by atoms with van der Waals surface area (Å²) >= 11 is 0. The molecule has 0 atom stereocenters. The van der Waals surface area contributed by atoms with E-state index in [-0.39, 0.29) is 5.69 Å². The molecule has 0 bridgehead atoms. The van der Waals surface area contributed by atoms with Crippen LogP contribution < -0.4 is 5.32 Å². The number of esters is 1. The number of rotatable bonds is 10. The van der Waals surface area contributed by atoms with Gasteiger partial charge in [0, 0.05) is 12.2 Å². The van der Waals surface area contributed by atoms with Gasteiger partial charge in [0.1, 0.15) is 5.82 Å². The minimum absolute atomic E-state index is 0.0718. The zero-order chi connectivity index (χ0) is 16.9. The van der Waals surface area contributed by atoms with Crippen molar-refractivity contribution < 1.29 is 18.7 Å². The molecule has 1 aromatic rings. The third-order valence-corrected chi connectivity index (χ3v) is 3.24. The Labute approximate surface area is 136 Å². The molecular weight excluding hydrogens is 297 g/mol. The van der Waals surface area contributed by atoms with Crippen LogP contribution in [0.15, 0.2) is 36.4 Å². The van der Waals surface area contributed by atoms with Gasteiger partial charge in [-0.15, -0.1) is 0 Å². The predicted molar refractivity (Wildman–Crippen MR) is 88.5 cm³/mol. The molecule has 0 unspecified atom stereocenters. The van der Waals surface area contributed by atoms with E-state index in [1.807, 2.05) is 0 Å². The number of amides is 1. The van der Waals surface area contributed by atoms with Crippen LogP contribution in [0.2, 0.25) is 0 Å². The van der Waals surface area contributed by atoms with Crippen LogP contribution in [-0.4, -0.2) is 18.5 Å². The highest BCUT2D eigenvalue weighted by atomic mass is 19.1. The van der Waals surface area contributed by atoms with Crippen LogP contribution in [0.4, 0.5) is 10.1 Å². The van der Waals surface area contributed by atoms with Crippen LogP contribution in [0.25, 0.3) is 0 Å². The Kier molecular flexibility index (Phi) is 9.36. The zero-order valence-electron chi connectivity index (χ0n) is 13.5. The van der Waals surface area contributed by atoms with E-state index in [1.54, 1.807) is 6.07 Å². The summed E-state index contributed by atoms with van der Waals surface area (Å²) in [7, 11) is 0. The Morgan fingerprint density at radius 3 is 2.52 bits per heavy atom. The van der Waals surface area contributed by atoms with E-state index < -0.39 is 17.7 Å². The summed E-state index contributed by atoms with van der Waals surface area (Å²) < 4.78 is 18.3. The van der Waals surface area contributed by atoms with Gasteiger partial charge in [-0.3, -0.25) is 4.79 Å². The highest BCUT2D eigenvalue weighted by Gasteiger charge is 2.04. The molecule has 1 aromatic carbocycles. The Hall–Kier alpha value is -2.17. The summed E-state index contributed by atoms with van der Waals surface area (Å²) in [4.78, 5) is 23.0. The van der Waals surface area contributed by atoms with Crippen molar-refractivity contribution in [3.8, 4) is 0 Å². The second kappa shape index (κ2) is 11.4. The van der Waals surface area contributed by atoms with Gasteiger partial charge in [-0.05, 0) is 18.6 Å². The maximum Gasteiger partial charge on any atom is 0.330 e. The third-order valence-electron chi connectivity index (χ3n) is 3.24. The summed E-state index contributed by atoms with van der Waals surface area (Å²) in [5, 5.41) is 2.35. The fourth-order valence-electron chi connectivity index (χ4n) is 1.98. The van der Waals surface area contributed by atoms with Gasteiger partial charge in [-0.25, -0.2) is 9.18 Å². The topological polar surface area (TPSA) is 55.4 Å². The molecule has 0 saturated heterocycles. The van der Waals surface area contributed by atoms with Crippen LogP contribution in [0.5, 0.6) is 0 Å². The van der Waals surface area contributed by atoms with Crippen molar-refractivity contribution >= 4 is 17.6 Å². The van der Waals surface area contributed by atoms with E-state index in [4.69, 9.17) is 4.74 Å². The van der Waals surface area contributed by atoms with Crippen molar-refractivity contribution in [2.24, 2.45) is 0 Å². The molecule has 0 aliphatic rings. The van der Waals surface area contributed by atoms with Crippen LogP contribution in [0.3, 0.4) is 0 Å². The van der Waals surface area contributed by atoms with E-state index in [9.17, 15) is 14.0 Å². The lowest BCUT2D eigenvalue weighted by atomic mass is 10.1. The van der Waals surface area contributed by atoms with E-state index in [1.165, 1.54) is 37.5 Å². The molecule has 0 fully saturated rings. The van der Waals surface area contributed by atoms with Gasteiger partial charge in [-0.2, -0.15) is 0 Å². The van der Waals surface area contributed by atoms with E-state index >= 15 is 0 Å². The average molecular weight is 321 g/mol. The molecular formula is C18H24FNO3. The SMILES string of the molecule is CCCCCCCCOC(=O)/C=C/C(=O)Nc1ccccc1F. The number of unbranched alkanes of at least 4 members (excludes halogenated alkanes) is 5. The van der Waals surface area contributed by atoms with Gasteiger partial charge in [-0.1, -0.05) is 51.2 Å². The first-order valence-corrected chi connectivity index (χ1v) is 8.04. The lowest BCUT2D eigenvalue weighted by Gasteiger charge is -2.03. The van der Waals surface area contributed by atoms with E-state index in [0.717, 1.165) is 31.4 Å². The number of hydrogen-bond acceptors (Lipinski definition) is 3. The van der Waals surface area contributed by atoms with Crippen molar-refractivity contribution in [3.05, 3.63) is 42.2 Å². The number of hydrogen-bond donors (Lipinski definition) is 1. The lowest BCUT2D eigenvalue weighted by molar-refractivity contribution is -0.138. The lowest BCUT2D eigenvalue weighted by Crippen LogP contribution is -2.10. The molecule has 4 nitrogen and oxygen atoms in total. The normalized spacial score (nSPS) is 10.7. The fraction of sp³-hybridized carbons (Fsp3) is 0.444. The number of anilines is 1. The number of halogens is 1. The van der Waals surface area contributed by atoms with Gasteiger partial charge >= 0.3 is 5.97 Å². The monoisotopic (exact) mass is 321 g/mol. The predicted octanol–water partition coefficient (Wildman–Crippen LogP) is 4.22. The fourth-order valence-corrected chi connectivity index (χ4v) is 1.98. The molecule has 1 rings (SSSR count). The van der Waals surface area contributed by atoms with Gasteiger partial charge < -0.3 is 10.1 Å². The van der Waals surface area contributed by atoms with Crippen molar-refractivity contribution in [3.63, 3.8) is 0 Å². The van der Waals surface area contributed by atoms with Crippen molar-refractivity contribution in [1.82, 2.24) is 0 Å². The molecule has 1 N–H and O–H groups in total. The number of carbonyl (C=O) groups excluding carboxylic acids is 2. The summed E-state index contributed by atoms with van der Waals surface area (Å²) in [6, 6.07) is 5.82. The minimum Gasteiger partial charge on any atom is -0.463 e. The minimum atomic E-state index is -0.577. The summed E-state index contributed by atoms with van der Waals surface area (Å²) in [5.74, 6) is -1.67. The number of nitrogens with one attached hydrogen (secondary N) is 1. The molecule has 0 spiro atoms. The average Bonchev–Trinajstić information content (AvgIpc) is 2.54. The van der Waals surface area contributed by atoms with Gasteiger partial charge in [0.25, 0.3) is 0 Å².